The zero-order chi connectivity index (χ0) is 51.7. The molecule has 1 aliphatic heterocycles. The molecule has 2 aromatic carbocycles. The Balaban J connectivity index is 1.05. The lowest BCUT2D eigenvalue weighted by atomic mass is 10.1. The van der Waals surface area contributed by atoms with Crippen molar-refractivity contribution in [2.24, 2.45) is 10.7 Å². The number of amides is 1. The summed E-state index contributed by atoms with van der Waals surface area (Å²) in [5.74, 6) is -9.68. The molecule has 2 aromatic rings. The van der Waals surface area contributed by atoms with Crippen molar-refractivity contribution in [1.29, 1.82) is 0 Å². The van der Waals surface area contributed by atoms with Gasteiger partial charge in [0.2, 0.25) is 27.4 Å². The van der Waals surface area contributed by atoms with Gasteiger partial charge in [-0.2, -0.15) is 13.1 Å². The van der Waals surface area contributed by atoms with Gasteiger partial charge in [-0.15, -0.1) is 0 Å². The normalized spacial score (nSPS) is 12.7. The van der Waals surface area contributed by atoms with Gasteiger partial charge >= 0.3 is 5.97 Å². The number of carbonyl (C=O) groups excluding carboxylic acids is 2. The number of hydrogen-bond donors (Lipinski definition) is 1. The number of likely N-dealkylation sites (N-methyl/N-ethyl adjacent to an activating group) is 1. The van der Waals surface area contributed by atoms with Gasteiger partial charge in [-0.3, -0.25) is 14.4 Å². The van der Waals surface area contributed by atoms with Crippen LogP contribution in [0.25, 0.3) is 6.08 Å². The van der Waals surface area contributed by atoms with Crippen LogP contribution >= 0.6 is 0 Å². The van der Waals surface area contributed by atoms with E-state index in [4.69, 9.17) is 57.9 Å². The number of esters is 1. The molecular weight excluding hydrogens is 973 g/mol. The highest BCUT2D eigenvalue weighted by molar-refractivity contribution is 7.89. The molecule has 2 N–H and O–H groups in total. The van der Waals surface area contributed by atoms with Gasteiger partial charge in [0.15, 0.2) is 11.6 Å². The average molecular weight is 1040 g/mol. The smallest absolute Gasteiger partial charge is 0.313 e. The molecule has 0 bridgehead atoms. The van der Waals surface area contributed by atoms with Crippen LogP contribution in [0.3, 0.4) is 0 Å². The summed E-state index contributed by atoms with van der Waals surface area (Å²) in [7, 11) is -2.41. The van der Waals surface area contributed by atoms with Crippen LogP contribution in [0, 0.1) is 23.3 Å². The summed E-state index contributed by atoms with van der Waals surface area (Å²) in [5, 5.41) is 1.31. The van der Waals surface area contributed by atoms with Gasteiger partial charge < -0.3 is 57.8 Å². The SMILES string of the molecule is CCCN(OCC)C(=O)C1=Cc2ccc(S(=O)(=O)N(C)CCOCCOCCOCCOCCOCCOCCOCCOCCOCCOCCC(=O)Oc3c(F)c(F)cc(F)c3F)cc2N=C(N)C1. The lowest BCUT2D eigenvalue weighted by Crippen LogP contribution is -2.34. The molecule has 71 heavy (non-hydrogen) atoms. The van der Waals surface area contributed by atoms with Crippen LogP contribution in [-0.2, 0) is 71.8 Å². The highest BCUT2D eigenvalue weighted by Gasteiger charge is 2.26. The number of ether oxygens (including phenoxy) is 11. The van der Waals surface area contributed by atoms with Gasteiger partial charge in [-0.05, 0) is 31.6 Å². The number of benzene rings is 2. The molecule has 402 valence electrons. The van der Waals surface area contributed by atoms with E-state index in [0.717, 1.165) is 0 Å². The second-order valence-electron chi connectivity index (χ2n) is 15.0. The summed E-state index contributed by atoms with van der Waals surface area (Å²) in [6, 6.07) is 4.54. The Morgan fingerprint density at radius 2 is 1.07 bits per heavy atom. The summed E-state index contributed by atoms with van der Waals surface area (Å²) < 4.78 is 140. The number of rotatable bonds is 41. The Bertz CT molecular complexity index is 2020. The summed E-state index contributed by atoms with van der Waals surface area (Å²) in [4.78, 5) is 34.8. The van der Waals surface area contributed by atoms with Crippen molar-refractivity contribution in [2.45, 2.75) is 38.0 Å². The van der Waals surface area contributed by atoms with Crippen molar-refractivity contribution < 1.29 is 92.5 Å². The summed E-state index contributed by atoms with van der Waals surface area (Å²) >= 11 is 0. The third kappa shape index (κ3) is 23.9. The second-order valence-corrected chi connectivity index (χ2v) is 17.0. The van der Waals surface area contributed by atoms with Gasteiger partial charge in [0.25, 0.3) is 5.91 Å². The van der Waals surface area contributed by atoms with Crippen LogP contribution in [0.1, 0.15) is 38.7 Å². The lowest BCUT2D eigenvalue weighted by Gasteiger charge is -2.21. The van der Waals surface area contributed by atoms with Crippen molar-refractivity contribution in [3.63, 3.8) is 0 Å². The maximum absolute atomic E-state index is 13.6. The molecular formula is C46H68F4N4O16S. The van der Waals surface area contributed by atoms with Crippen molar-refractivity contribution in [1.82, 2.24) is 9.37 Å². The number of hydroxylamine groups is 2. The highest BCUT2D eigenvalue weighted by Crippen LogP contribution is 2.31. The molecule has 0 aromatic heterocycles. The van der Waals surface area contributed by atoms with Crippen LogP contribution in [0.15, 0.2) is 39.7 Å². The molecule has 0 radical (unpaired) electrons. The molecule has 1 heterocycles. The van der Waals surface area contributed by atoms with Crippen molar-refractivity contribution in [2.75, 3.05) is 159 Å². The van der Waals surface area contributed by atoms with Crippen LogP contribution in [0.2, 0.25) is 0 Å². The van der Waals surface area contributed by atoms with Crippen LogP contribution in [-0.4, -0.2) is 194 Å². The van der Waals surface area contributed by atoms with E-state index in [0.29, 0.717) is 129 Å². The lowest BCUT2D eigenvalue weighted by molar-refractivity contribution is -0.180. The molecule has 0 fully saturated rings. The molecule has 25 heteroatoms. The first-order chi connectivity index (χ1) is 34.3. The van der Waals surface area contributed by atoms with Gasteiger partial charge in [0.05, 0.1) is 156 Å². The monoisotopic (exact) mass is 1040 g/mol. The van der Waals surface area contributed by atoms with Crippen LogP contribution in [0.5, 0.6) is 5.75 Å². The molecule has 0 saturated heterocycles. The number of sulfonamides is 1. The molecule has 1 amide bonds. The van der Waals surface area contributed by atoms with E-state index in [9.17, 15) is 35.6 Å². The average Bonchev–Trinajstić information content (AvgIpc) is 3.52. The number of carbonyl (C=O) groups is 2. The fourth-order valence-electron chi connectivity index (χ4n) is 5.95. The van der Waals surface area contributed by atoms with E-state index in [1.807, 2.05) is 6.92 Å². The standard InChI is InChI=1S/C46H68F4N4O16S/c1-4-9-54(69-5-2)46(56)36-31-35-6-7-37(33-40(35)52-41(51)32-36)71(57,58)53(3)10-12-60-14-16-62-18-20-64-22-24-66-26-28-68-30-29-67-27-25-65-23-21-63-19-17-61-15-13-59-11-8-42(55)70-45-43(49)38(47)34-39(48)44(45)50/h6-7,31,33-34H,4-5,8-30,32H2,1-3H3,(H2,51,52). The largest absolute Gasteiger partial charge is 0.420 e. The topological polar surface area (TPSA) is 224 Å². The number of amidine groups is 1. The first kappa shape index (κ1) is 61.1. The van der Waals surface area contributed by atoms with Gasteiger partial charge in [0, 0.05) is 43.8 Å². The van der Waals surface area contributed by atoms with Crippen molar-refractivity contribution in [3.05, 3.63) is 58.7 Å². The Morgan fingerprint density at radius 3 is 1.51 bits per heavy atom. The third-order valence-corrected chi connectivity index (χ3v) is 11.4. The predicted octanol–water partition coefficient (Wildman–Crippen LogP) is 3.99. The number of fused-ring (bicyclic) bond motifs is 1. The van der Waals surface area contributed by atoms with Crippen LogP contribution < -0.4 is 10.5 Å². The minimum absolute atomic E-state index is 0.0116. The number of hydrogen-bond acceptors (Lipinski definition) is 18. The molecule has 20 nitrogen and oxygen atoms in total. The van der Waals surface area contributed by atoms with E-state index in [-0.39, 0.29) is 75.3 Å². The zero-order valence-electron chi connectivity index (χ0n) is 40.6. The molecule has 1 aliphatic rings. The maximum atomic E-state index is 13.6. The first-order valence-electron chi connectivity index (χ1n) is 23.2. The molecule has 0 spiro atoms. The summed E-state index contributed by atoms with van der Waals surface area (Å²) in [6.45, 7) is 10.7. The van der Waals surface area contributed by atoms with Crippen LogP contribution in [0.4, 0.5) is 23.2 Å². The minimum Gasteiger partial charge on any atom is -0.420 e. The van der Waals surface area contributed by atoms with E-state index >= 15 is 0 Å². The molecule has 0 aliphatic carbocycles. The summed E-state index contributed by atoms with van der Waals surface area (Å²) in [6.07, 6.45) is 2.07. The van der Waals surface area contributed by atoms with E-state index in [2.05, 4.69) is 9.73 Å². The number of nitrogens with two attached hydrogens (primary N) is 1. The van der Waals surface area contributed by atoms with Gasteiger partial charge in [-0.25, -0.2) is 27.3 Å². The predicted molar refractivity (Wildman–Crippen MR) is 248 cm³/mol. The molecule has 0 unspecified atom stereocenters. The molecule has 3 rings (SSSR count). The fraction of sp³-hybridized carbons (Fsp3) is 0.630. The third-order valence-electron chi connectivity index (χ3n) is 9.52. The van der Waals surface area contributed by atoms with Crippen molar-refractivity contribution in [3.8, 4) is 5.75 Å². The minimum atomic E-state index is -3.87. The quantitative estimate of drug-likeness (QED) is 0.0248. The Morgan fingerprint density at radius 1 is 0.634 bits per heavy atom. The Labute approximate surface area is 412 Å². The zero-order valence-corrected chi connectivity index (χ0v) is 41.5. The Hall–Kier alpha value is -4.22. The van der Waals surface area contributed by atoms with Gasteiger partial charge in [0.1, 0.15) is 5.84 Å². The Kier molecular flexibility index (Phi) is 30.8. The second kappa shape index (κ2) is 35.8. The number of halogens is 4. The number of aliphatic imine (C=N–C) groups is 1. The first-order valence-corrected chi connectivity index (χ1v) is 24.6. The highest BCUT2D eigenvalue weighted by atomic mass is 32.2. The van der Waals surface area contributed by atoms with Gasteiger partial charge in [-0.1, -0.05) is 13.0 Å². The number of nitrogens with zero attached hydrogens (tertiary/aromatic N) is 3. The fourth-order valence-corrected chi connectivity index (χ4v) is 7.12. The van der Waals surface area contributed by atoms with E-state index < -0.39 is 51.4 Å². The van der Waals surface area contributed by atoms with Crippen molar-refractivity contribution >= 4 is 39.5 Å². The molecule has 0 saturated carbocycles. The summed E-state index contributed by atoms with van der Waals surface area (Å²) in [5.41, 5.74) is 7.45. The van der Waals surface area contributed by atoms with E-state index in [1.165, 1.54) is 28.5 Å². The maximum Gasteiger partial charge on any atom is 0.313 e. The molecule has 0 atom stereocenters. The van der Waals surface area contributed by atoms with E-state index in [1.54, 1.807) is 19.1 Å².